The van der Waals surface area contributed by atoms with Crippen LogP contribution in [0.4, 0.5) is 5.69 Å². The number of amides is 2. The number of nitrogens with one attached hydrogen (secondary N) is 2. The van der Waals surface area contributed by atoms with E-state index in [4.69, 9.17) is 11.6 Å². The number of anilines is 1. The zero-order valence-corrected chi connectivity index (χ0v) is 13.6. The molecule has 2 amide bonds. The van der Waals surface area contributed by atoms with Gasteiger partial charge >= 0.3 is 0 Å². The topological polar surface area (TPSA) is 58.2 Å². The molecule has 0 radical (unpaired) electrons. The third kappa shape index (κ3) is 4.69. The van der Waals surface area contributed by atoms with Gasteiger partial charge in [-0.1, -0.05) is 48.0 Å². The second-order valence-electron chi connectivity index (χ2n) is 5.03. The Labute approximate surface area is 140 Å². The number of halogens is 1. The standard InChI is InChI=1S/C18H17ClN2O2/c1-12-7-3-4-8-14(12)11-17(20-13(2)22)18(23)21-16-10-6-5-9-15(16)19/h3-11H,1-2H3,(H,20,22)(H,21,23). The number of benzene rings is 2. The highest BCUT2D eigenvalue weighted by Gasteiger charge is 2.13. The molecule has 0 unspecified atom stereocenters. The van der Waals surface area contributed by atoms with Crippen LogP contribution in [0.3, 0.4) is 0 Å². The summed E-state index contributed by atoms with van der Waals surface area (Å²) in [5.74, 6) is -0.754. The smallest absolute Gasteiger partial charge is 0.272 e. The Morgan fingerprint density at radius 3 is 2.35 bits per heavy atom. The summed E-state index contributed by atoms with van der Waals surface area (Å²) < 4.78 is 0. The van der Waals surface area contributed by atoms with E-state index in [2.05, 4.69) is 10.6 Å². The van der Waals surface area contributed by atoms with Gasteiger partial charge in [0.2, 0.25) is 5.91 Å². The summed E-state index contributed by atoms with van der Waals surface area (Å²) in [5.41, 5.74) is 2.50. The number of para-hydroxylation sites is 1. The summed E-state index contributed by atoms with van der Waals surface area (Å²) in [6.45, 7) is 3.29. The van der Waals surface area contributed by atoms with Gasteiger partial charge in [-0.3, -0.25) is 9.59 Å². The molecule has 23 heavy (non-hydrogen) atoms. The largest absolute Gasteiger partial charge is 0.322 e. The third-order valence-corrected chi connectivity index (χ3v) is 3.50. The molecule has 2 rings (SSSR count). The van der Waals surface area contributed by atoms with Crippen LogP contribution in [-0.2, 0) is 9.59 Å². The predicted octanol–water partition coefficient (Wildman–Crippen LogP) is 3.76. The Bertz CT molecular complexity index is 769. The molecule has 0 atom stereocenters. The van der Waals surface area contributed by atoms with Crippen LogP contribution in [0, 0.1) is 6.92 Å². The van der Waals surface area contributed by atoms with E-state index in [0.29, 0.717) is 10.7 Å². The molecular weight excluding hydrogens is 312 g/mol. The fourth-order valence-corrected chi connectivity index (χ4v) is 2.19. The van der Waals surface area contributed by atoms with Gasteiger partial charge < -0.3 is 10.6 Å². The minimum atomic E-state index is -0.434. The van der Waals surface area contributed by atoms with E-state index in [9.17, 15) is 9.59 Å². The molecule has 0 saturated carbocycles. The molecule has 2 aromatic rings. The minimum absolute atomic E-state index is 0.159. The Balaban J connectivity index is 2.31. The summed E-state index contributed by atoms with van der Waals surface area (Å²) in [4.78, 5) is 23.9. The quantitative estimate of drug-likeness (QED) is 0.839. The molecule has 0 bridgehead atoms. The molecule has 5 heteroatoms. The van der Waals surface area contributed by atoms with Gasteiger partial charge in [-0.05, 0) is 36.3 Å². The molecule has 4 nitrogen and oxygen atoms in total. The first-order valence-corrected chi connectivity index (χ1v) is 7.46. The molecule has 0 spiro atoms. The van der Waals surface area contributed by atoms with Crippen molar-refractivity contribution in [1.29, 1.82) is 0 Å². The van der Waals surface area contributed by atoms with Crippen LogP contribution in [0.2, 0.25) is 5.02 Å². The van der Waals surface area contributed by atoms with E-state index in [1.54, 1.807) is 30.3 Å². The van der Waals surface area contributed by atoms with Crippen LogP contribution in [0.25, 0.3) is 6.08 Å². The molecule has 2 N–H and O–H groups in total. The molecule has 0 heterocycles. The van der Waals surface area contributed by atoms with Crippen molar-refractivity contribution in [2.45, 2.75) is 13.8 Å². The highest BCUT2D eigenvalue weighted by molar-refractivity contribution is 6.34. The number of aryl methyl sites for hydroxylation is 1. The molecule has 0 aliphatic rings. The summed E-state index contributed by atoms with van der Waals surface area (Å²) in [6.07, 6.45) is 1.64. The average Bonchev–Trinajstić information content (AvgIpc) is 2.50. The highest BCUT2D eigenvalue weighted by atomic mass is 35.5. The van der Waals surface area contributed by atoms with Crippen molar-refractivity contribution in [3.05, 3.63) is 70.4 Å². The lowest BCUT2D eigenvalue weighted by Gasteiger charge is -2.11. The van der Waals surface area contributed by atoms with Gasteiger partial charge in [0.25, 0.3) is 5.91 Å². The zero-order chi connectivity index (χ0) is 16.8. The number of carbonyl (C=O) groups is 2. The summed E-state index contributed by atoms with van der Waals surface area (Å²) >= 11 is 6.04. The van der Waals surface area contributed by atoms with E-state index >= 15 is 0 Å². The van der Waals surface area contributed by atoms with Gasteiger partial charge in [0, 0.05) is 6.92 Å². The maximum absolute atomic E-state index is 12.5. The van der Waals surface area contributed by atoms with Gasteiger partial charge in [0.15, 0.2) is 0 Å². The SMILES string of the molecule is CC(=O)NC(=Cc1ccccc1C)C(=O)Nc1ccccc1Cl. The van der Waals surface area contributed by atoms with Crippen LogP contribution in [0.5, 0.6) is 0 Å². The molecule has 118 valence electrons. The summed E-state index contributed by atoms with van der Waals surface area (Å²) in [5, 5.41) is 5.69. The van der Waals surface area contributed by atoms with Crippen LogP contribution >= 0.6 is 11.6 Å². The van der Waals surface area contributed by atoms with Crippen molar-refractivity contribution >= 4 is 35.2 Å². The fraction of sp³-hybridized carbons (Fsp3) is 0.111. The second kappa shape index (κ2) is 7.61. The van der Waals surface area contributed by atoms with E-state index in [0.717, 1.165) is 11.1 Å². The number of hydrogen-bond donors (Lipinski definition) is 2. The van der Waals surface area contributed by atoms with Gasteiger partial charge in [0.1, 0.15) is 5.70 Å². The van der Waals surface area contributed by atoms with Crippen LogP contribution < -0.4 is 10.6 Å². The van der Waals surface area contributed by atoms with E-state index in [1.807, 2.05) is 31.2 Å². The molecule has 0 aliphatic carbocycles. The van der Waals surface area contributed by atoms with Crippen molar-refractivity contribution in [2.24, 2.45) is 0 Å². The monoisotopic (exact) mass is 328 g/mol. The fourth-order valence-electron chi connectivity index (χ4n) is 2.00. The molecule has 2 aromatic carbocycles. The molecule has 0 aliphatic heterocycles. The molecule has 0 aromatic heterocycles. The maximum Gasteiger partial charge on any atom is 0.272 e. The lowest BCUT2D eigenvalue weighted by Crippen LogP contribution is -2.29. The van der Waals surface area contributed by atoms with Crippen LogP contribution in [-0.4, -0.2) is 11.8 Å². The second-order valence-corrected chi connectivity index (χ2v) is 5.44. The van der Waals surface area contributed by atoms with E-state index in [1.165, 1.54) is 6.92 Å². The Kier molecular flexibility index (Phi) is 5.55. The first-order valence-electron chi connectivity index (χ1n) is 7.08. The Morgan fingerprint density at radius 1 is 1.04 bits per heavy atom. The zero-order valence-electron chi connectivity index (χ0n) is 12.9. The summed E-state index contributed by atoms with van der Waals surface area (Å²) in [6, 6.07) is 14.5. The first kappa shape index (κ1) is 16.8. The van der Waals surface area contributed by atoms with E-state index < -0.39 is 5.91 Å². The van der Waals surface area contributed by atoms with Crippen LogP contribution in [0.15, 0.2) is 54.2 Å². The van der Waals surface area contributed by atoms with Gasteiger partial charge in [-0.2, -0.15) is 0 Å². The maximum atomic E-state index is 12.5. The van der Waals surface area contributed by atoms with E-state index in [-0.39, 0.29) is 11.6 Å². The number of hydrogen-bond acceptors (Lipinski definition) is 2. The molecular formula is C18H17ClN2O2. The normalized spacial score (nSPS) is 11.0. The van der Waals surface area contributed by atoms with Crippen molar-refractivity contribution in [2.75, 3.05) is 5.32 Å². The summed E-state index contributed by atoms with van der Waals surface area (Å²) in [7, 11) is 0. The van der Waals surface area contributed by atoms with Crippen molar-refractivity contribution in [3.8, 4) is 0 Å². The van der Waals surface area contributed by atoms with Gasteiger partial charge in [-0.15, -0.1) is 0 Å². The van der Waals surface area contributed by atoms with Gasteiger partial charge in [0.05, 0.1) is 10.7 Å². The predicted molar refractivity (Wildman–Crippen MR) is 93.1 cm³/mol. The lowest BCUT2D eigenvalue weighted by molar-refractivity contribution is -0.120. The first-order chi connectivity index (χ1) is 11.0. The van der Waals surface area contributed by atoms with Crippen molar-refractivity contribution < 1.29 is 9.59 Å². The Hall–Kier alpha value is -2.59. The van der Waals surface area contributed by atoms with Crippen molar-refractivity contribution in [1.82, 2.24) is 5.32 Å². The molecule has 0 fully saturated rings. The van der Waals surface area contributed by atoms with Crippen LogP contribution in [0.1, 0.15) is 18.1 Å². The Morgan fingerprint density at radius 2 is 1.70 bits per heavy atom. The third-order valence-electron chi connectivity index (χ3n) is 3.17. The van der Waals surface area contributed by atoms with Crippen molar-refractivity contribution in [3.63, 3.8) is 0 Å². The molecule has 0 saturated heterocycles. The highest BCUT2D eigenvalue weighted by Crippen LogP contribution is 2.21. The number of carbonyl (C=O) groups excluding carboxylic acids is 2. The van der Waals surface area contributed by atoms with Gasteiger partial charge in [-0.25, -0.2) is 0 Å². The average molecular weight is 329 g/mol. The number of rotatable bonds is 4. The minimum Gasteiger partial charge on any atom is -0.322 e. The lowest BCUT2D eigenvalue weighted by atomic mass is 10.1.